The number of aromatic hydroxyl groups is 1. The molecule has 3 rings (SSSR count). The lowest BCUT2D eigenvalue weighted by atomic mass is 9.84. The third kappa shape index (κ3) is 7.67. The van der Waals surface area contributed by atoms with Gasteiger partial charge in [-0.3, -0.25) is 4.79 Å². The highest BCUT2D eigenvalue weighted by Crippen LogP contribution is 2.22. The Bertz CT molecular complexity index is 1120. The molecule has 5 heteroatoms. The minimum absolute atomic E-state index is 0.0614. The molecule has 35 heavy (non-hydrogen) atoms. The van der Waals surface area contributed by atoms with Crippen LogP contribution in [0.25, 0.3) is 0 Å². The van der Waals surface area contributed by atoms with E-state index in [4.69, 9.17) is 0 Å². The molecule has 0 unspecified atom stereocenters. The van der Waals surface area contributed by atoms with Crippen molar-refractivity contribution in [1.82, 2.24) is 10.6 Å². The van der Waals surface area contributed by atoms with Crippen LogP contribution in [0.3, 0.4) is 0 Å². The molecule has 186 valence electrons. The van der Waals surface area contributed by atoms with Crippen LogP contribution in [0.5, 0.6) is 5.75 Å². The second kappa shape index (κ2) is 11.5. The minimum Gasteiger partial charge on any atom is -0.508 e. The predicted octanol–water partition coefficient (Wildman–Crippen LogP) is 4.75. The number of carbonyl (C=O) groups is 1. The summed E-state index contributed by atoms with van der Waals surface area (Å²) in [6, 6.07) is 23.4. The molecule has 5 nitrogen and oxygen atoms in total. The van der Waals surface area contributed by atoms with Crippen molar-refractivity contribution in [3.63, 3.8) is 0 Å². The average Bonchev–Trinajstić information content (AvgIpc) is 2.84. The number of nitrogens with one attached hydrogen (secondary N) is 2. The smallest absolute Gasteiger partial charge is 0.251 e. The molecule has 0 bridgehead atoms. The number of benzene rings is 3. The first-order valence-corrected chi connectivity index (χ1v) is 12.2. The lowest BCUT2D eigenvalue weighted by Crippen LogP contribution is -2.42. The zero-order valence-corrected chi connectivity index (χ0v) is 21.3. The van der Waals surface area contributed by atoms with Crippen molar-refractivity contribution in [3.8, 4) is 5.75 Å². The van der Waals surface area contributed by atoms with Gasteiger partial charge < -0.3 is 20.8 Å². The highest BCUT2D eigenvalue weighted by Gasteiger charge is 2.22. The van der Waals surface area contributed by atoms with Crippen molar-refractivity contribution in [2.24, 2.45) is 0 Å². The topological polar surface area (TPSA) is 81.6 Å². The molecule has 0 aromatic heterocycles. The van der Waals surface area contributed by atoms with Crippen LogP contribution in [0, 0.1) is 0 Å². The molecule has 0 saturated carbocycles. The van der Waals surface area contributed by atoms with Crippen molar-refractivity contribution >= 4 is 5.91 Å². The van der Waals surface area contributed by atoms with E-state index >= 15 is 0 Å². The molecule has 0 aliphatic carbocycles. The fourth-order valence-electron chi connectivity index (χ4n) is 4.26. The van der Waals surface area contributed by atoms with Gasteiger partial charge in [-0.05, 0) is 74.2 Å². The molecule has 0 radical (unpaired) electrons. The van der Waals surface area contributed by atoms with E-state index in [1.54, 1.807) is 6.07 Å². The molecule has 3 aromatic carbocycles. The Morgan fingerprint density at radius 2 is 1.63 bits per heavy atom. The SMILES string of the molecule is CC(C)(Cc1cccc(C(=O)NCC(C)(C)c2ccccc2)c1)NCCc1ccc(O)c(CO)c1. The van der Waals surface area contributed by atoms with Crippen molar-refractivity contribution in [2.45, 2.75) is 58.1 Å². The third-order valence-corrected chi connectivity index (χ3v) is 6.41. The van der Waals surface area contributed by atoms with Gasteiger partial charge in [0, 0.05) is 28.6 Å². The van der Waals surface area contributed by atoms with Gasteiger partial charge in [0.05, 0.1) is 6.61 Å². The Morgan fingerprint density at radius 1 is 0.886 bits per heavy atom. The molecule has 4 N–H and O–H groups in total. The van der Waals surface area contributed by atoms with E-state index in [-0.39, 0.29) is 29.2 Å². The zero-order chi connectivity index (χ0) is 25.5. The second-order valence-corrected chi connectivity index (χ2v) is 10.5. The molecule has 0 heterocycles. The normalized spacial score (nSPS) is 11.9. The summed E-state index contributed by atoms with van der Waals surface area (Å²) in [6.07, 6.45) is 1.57. The second-order valence-electron chi connectivity index (χ2n) is 10.5. The Kier molecular flexibility index (Phi) is 8.71. The third-order valence-electron chi connectivity index (χ3n) is 6.41. The number of carbonyl (C=O) groups excluding carboxylic acids is 1. The summed E-state index contributed by atoms with van der Waals surface area (Å²) in [7, 11) is 0. The van der Waals surface area contributed by atoms with Crippen LogP contribution in [-0.4, -0.2) is 34.7 Å². The molecule has 0 fully saturated rings. The van der Waals surface area contributed by atoms with Gasteiger partial charge in [0.2, 0.25) is 0 Å². The standard InChI is InChI=1S/C30H38N2O3/c1-29(2,26-11-6-5-7-12-26)21-31-28(35)24-10-8-9-23(18-24)19-30(3,4)32-16-15-22-13-14-27(34)25(17-22)20-33/h5-14,17-18,32-34H,15-16,19-21H2,1-4H3,(H,31,35). The number of aliphatic hydroxyl groups excluding tert-OH is 1. The molecule has 0 aliphatic heterocycles. The van der Waals surface area contributed by atoms with E-state index in [9.17, 15) is 15.0 Å². The molecule has 1 amide bonds. The average molecular weight is 475 g/mol. The highest BCUT2D eigenvalue weighted by atomic mass is 16.3. The Morgan fingerprint density at radius 3 is 2.34 bits per heavy atom. The maximum Gasteiger partial charge on any atom is 0.251 e. The largest absolute Gasteiger partial charge is 0.508 e. The van der Waals surface area contributed by atoms with Gasteiger partial charge in [-0.2, -0.15) is 0 Å². The van der Waals surface area contributed by atoms with Crippen LogP contribution in [0.15, 0.2) is 72.8 Å². The van der Waals surface area contributed by atoms with Gasteiger partial charge in [-0.25, -0.2) is 0 Å². The van der Waals surface area contributed by atoms with Crippen molar-refractivity contribution < 1.29 is 15.0 Å². The summed E-state index contributed by atoms with van der Waals surface area (Å²) in [6.45, 7) is 9.72. The first-order chi connectivity index (χ1) is 16.6. The summed E-state index contributed by atoms with van der Waals surface area (Å²) in [5, 5.41) is 25.8. The van der Waals surface area contributed by atoms with Gasteiger partial charge in [0.15, 0.2) is 0 Å². The predicted molar refractivity (Wildman–Crippen MR) is 142 cm³/mol. The van der Waals surface area contributed by atoms with Crippen molar-refractivity contribution in [2.75, 3.05) is 13.1 Å². The fourth-order valence-corrected chi connectivity index (χ4v) is 4.26. The molecular weight excluding hydrogens is 436 g/mol. The van der Waals surface area contributed by atoms with Crippen molar-refractivity contribution in [3.05, 3.63) is 101 Å². The van der Waals surface area contributed by atoms with Gasteiger partial charge in [-0.1, -0.05) is 62.4 Å². The van der Waals surface area contributed by atoms with Gasteiger partial charge in [0.1, 0.15) is 5.75 Å². The summed E-state index contributed by atoms with van der Waals surface area (Å²) in [5.41, 5.74) is 4.25. The molecule has 0 atom stereocenters. The Labute approximate surface area is 209 Å². The quantitative estimate of drug-likeness (QED) is 0.323. The number of aliphatic hydroxyl groups is 1. The molecule has 0 aliphatic rings. The van der Waals surface area contributed by atoms with Crippen LogP contribution in [0.1, 0.15) is 60.3 Å². The number of amides is 1. The highest BCUT2D eigenvalue weighted by molar-refractivity contribution is 5.94. The van der Waals surface area contributed by atoms with E-state index in [2.05, 4.69) is 56.5 Å². The fraction of sp³-hybridized carbons (Fsp3) is 0.367. The molecule has 0 saturated heterocycles. The molecule has 0 spiro atoms. The van der Waals surface area contributed by atoms with E-state index in [1.807, 2.05) is 48.5 Å². The first kappa shape index (κ1) is 26.5. The number of hydrogen-bond donors (Lipinski definition) is 4. The van der Waals surface area contributed by atoms with Gasteiger partial charge >= 0.3 is 0 Å². The zero-order valence-electron chi connectivity index (χ0n) is 21.3. The van der Waals surface area contributed by atoms with E-state index in [1.165, 1.54) is 5.56 Å². The summed E-state index contributed by atoms with van der Waals surface area (Å²) in [4.78, 5) is 12.9. The van der Waals surface area contributed by atoms with Crippen LogP contribution in [0.4, 0.5) is 0 Å². The minimum atomic E-state index is -0.174. The maximum atomic E-state index is 12.9. The maximum absolute atomic E-state index is 12.9. The number of rotatable bonds is 11. The Hall–Kier alpha value is -3.15. The molecular formula is C30H38N2O3. The number of phenols is 1. The lowest BCUT2D eigenvalue weighted by molar-refractivity contribution is 0.0945. The summed E-state index contributed by atoms with van der Waals surface area (Å²) >= 11 is 0. The van der Waals surface area contributed by atoms with Crippen LogP contribution in [0.2, 0.25) is 0 Å². The van der Waals surface area contributed by atoms with Crippen LogP contribution < -0.4 is 10.6 Å². The number of hydrogen-bond acceptors (Lipinski definition) is 4. The van der Waals surface area contributed by atoms with Crippen LogP contribution in [-0.2, 0) is 24.9 Å². The lowest BCUT2D eigenvalue weighted by Gasteiger charge is -2.27. The van der Waals surface area contributed by atoms with Crippen LogP contribution >= 0.6 is 0 Å². The summed E-state index contributed by atoms with van der Waals surface area (Å²) in [5.74, 6) is 0.0609. The van der Waals surface area contributed by atoms with Gasteiger partial charge in [0.25, 0.3) is 5.91 Å². The van der Waals surface area contributed by atoms with Crippen molar-refractivity contribution in [1.29, 1.82) is 0 Å². The van der Waals surface area contributed by atoms with E-state index in [0.717, 1.165) is 30.5 Å². The molecule has 3 aromatic rings. The summed E-state index contributed by atoms with van der Waals surface area (Å²) < 4.78 is 0. The van der Waals surface area contributed by atoms with E-state index < -0.39 is 0 Å². The monoisotopic (exact) mass is 474 g/mol. The first-order valence-electron chi connectivity index (χ1n) is 12.2. The van der Waals surface area contributed by atoms with E-state index in [0.29, 0.717) is 17.7 Å². The van der Waals surface area contributed by atoms with Gasteiger partial charge in [-0.15, -0.1) is 0 Å². The Balaban J connectivity index is 1.55.